The molecule has 2 fully saturated rings. The number of carbonyl (C=O) groups excluding carboxylic acids is 1. The maximum atomic E-state index is 14.7. The van der Waals surface area contributed by atoms with Gasteiger partial charge in [0.2, 0.25) is 0 Å². The van der Waals surface area contributed by atoms with Crippen molar-refractivity contribution in [1.29, 1.82) is 0 Å². The fourth-order valence-corrected chi connectivity index (χ4v) is 4.64. The quantitative estimate of drug-likeness (QED) is 0.589. The fraction of sp³-hybridized carbons (Fsp3) is 0.538. The number of benzene rings is 1. The van der Waals surface area contributed by atoms with Crippen molar-refractivity contribution in [3.8, 4) is 17.0 Å². The van der Waals surface area contributed by atoms with Crippen molar-refractivity contribution >= 4 is 5.91 Å². The summed E-state index contributed by atoms with van der Waals surface area (Å²) in [6, 6.07) is 8.13. The van der Waals surface area contributed by atoms with Crippen LogP contribution in [-0.4, -0.2) is 65.7 Å². The summed E-state index contributed by atoms with van der Waals surface area (Å²) in [5.74, 6) is 0.507. The number of hydrogen-bond acceptors (Lipinski definition) is 4. The van der Waals surface area contributed by atoms with Gasteiger partial charge in [0.15, 0.2) is 0 Å². The fourth-order valence-electron chi connectivity index (χ4n) is 4.64. The van der Waals surface area contributed by atoms with Crippen LogP contribution in [-0.2, 0) is 0 Å². The second kappa shape index (κ2) is 10.2. The second-order valence-electron chi connectivity index (χ2n) is 9.82. The van der Waals surface area contributed by atoms with Crippen molar-refractivity contribution in [1.82, 2.24) is 14.8 Å². The lowest BCUT2D eigenvalue weighted by Crippen LogP contribution is -2.41. The third-order valence-corrected chi connectivity index (χ3v) is 6.41. The van der Waals surface area contributed by atoms with Crippen LogP contribution in [0.25, 0.3) is 11.3 Å². The van der Waals surface area contributed by atoms with Crippen LogP contribution >= 0.6 is 0 Å². The predicted molar refractivity (Wildman–Crippen MR) is 125 cm³/mol. The van der Waals surface area contributed by atoms with E-state index in [1.54, 1.807) is 49.2 Å². The average Bonchev–Trinajstić information content (AvgIpc) is 3.32. The van der Waals surface area contributed by atoms with Gasteiger partial charge < -0.3 is 14.5 Å². The van der Waals surface area contributed by atoms with Gasteiger partial charge in [-0.15, -0.1) is 0 Å². The first-order valence-electron chi connectivity index (χ1n) is 11.9. The Morgan fingerprint density at radius 1 is 1.12 bits per heavy atom. The maximum Gasteiger partial charge on any atom is 0.253 e. The Morgan fingerprint density at radius 3 is 2.45 bits per heavy atom. The number of pyridine rings is 1. The van der Waals surface area contributed by atoms with E-state index >= 15 is 0 Å². The molecule has 2 aliphatic rings. The number of aromatic nitrogens is 1. The zero-order valence-corrected chi connectivity index (χ0v) is 19.5. The van der Waals surface area contributed by atoms with Gasteiger partial charge in [0.25, 0.3) is 5.91 Å². The summed E-state index contributed by atoms with van der Waals surface area (Å²) in [4.78, 5) is 20.8. The molecule has 0 bridgehead atoms. The molecule has 0 atom stereocenters. The third-order valence-electron chi connectivity index (χ3n) is 6.41. The molecule has 0 radical (unpaired) electrons. The lowest BCUT2D eigenvalue weighted by atomic mass is 9.97. The van der Waals surface area contributed by atoms with Crippen molar-refractivity contribution in [2.24, 2.45) is 5.92 Å². The minimum absolute atomic E-state index is 0.117. The van der Waals surface area contributed by atoms with Crippen molar-refractivity contribution in [2.75, 3.05) is 39.3 Å². The van der Waals surface area contributed by atoms with Crippen molar-refractivity contribution in [3.05, 3.63) is 47.9 Å². The molecule has 33 heavy (non-hydrogen) atoms. The molecule has 0 aliphatic carbocycles. The molecule has 1 amide bonds. The molecular weight excluding hydrogens is 424 g/mol. The summed E-state index contributed by atoms with van der Waals surface area (Å²) in [5, 5.41) is 0. The summed E-state index contributed by atoms with van der Waals surface area (Å²) >= 11 is 0. The first-order valence-corrected chi connectivity index (χ1v) is 11.9. The van der Waals surface area contributed by atoms with Gasteiger partial charge in [0.05, 0.1) is 18.5 Å². The molecule has 5 nitrogen and oxygen atoms in total. The Hall–Kier alpha value is -2.54. The van der Waals surface area contributed by atoms with E-state index in [1.165, 1.54) is 6.07 Å². The van der Waals surface area contributed by atoms with Crippen LogP contribution in [0.5, 0.6) is 5.75 Å². The molecule has 1 aromatic carbocycles. The topological polar surface area (TPSA) is 45.7 Å². The normalized spacial score (nSPS) is 18.0. The number of piperidine rings is 1. The number of likely N-dealkylation sites (tertiary alicyclic amines) is 2. The van der Waals surface area contributed by atoms with E-state index in [-0.39, 0.29) is 5.91 Å². The highest BCUT2D eigenvalue weighted by Crippen LogP contribution is 2.26. The largest absolute Gasteiger partial charge is 0.492 e. The van der Waals surface area contributed by atoms with Gasteiger partial charge in [0, 0.05) is 30.8 Å². The predicted octanol–water partition coefficient (Wildman–Crippen LogP) is 4.96. The molecule has 0 N–H and O–H groups in total. The Bertz CT molecular complexity index is 945. The number of alkyl halides is 1. The molecule has 178 valence electrons. The number of rotatable bonds is 7. The van der Waals surface area contributed by atoms with Gasteiger partial charge in [-0.05, 0) is 88.9 Å². The Balaban J connectivity index is 1.30. The van der Waals surface area contributed by atoms with Crippen molar-refractivity contribution in [2.45, 2.75) is 45.2 Å². The van der Waals surface area contributed by atoms with E-state index < -0.39 is 11.5 Å². The smallest absolute Gasteiger partial charge is 0.253 e. The molecule has 3 heterocycles. The molecule has 0 spiro atoms. The Labute approximate surface area is 194 Å². The first kappa shape index (κ1) is 23.6. The summed E-state index contributed by atoms with van der Waals surface area (Å²) in [7, 11) is 0. The monoisotopic (exact) mass is 457 g/mol. The van der Waals surface area contributed by atoms with Crippen molar-refractivity contribution < 1.29 is 18.3 Å². The Kier molecular flexibility index (Phi) is 7.27. The summed E-state index contributed by atoms with van der Waals surface area (Å²) in [6.07, 6.45) is 5.58. The number of amides is 1. The SMILES string of the molecule is CC(C)(F)CN1CCC(COc2ccc(-c3ccc(C(=O)N4CCCC4)cc3F)nc2)CC1. The van der Waals surface area contributed by atoms with E-state index in [2.05, 4.69) is 9.88 Å². The van der Waals surface area contributed by atoms with E-state index in [0.29, 0.717) is 41.6 Å². The van der Waals surface area contributed by atoms with Crippen LogP contribution in [0.1, 0.15) is 49.9 Å². The molecule has 2 aromatic rings. The van der Waals surface area contributed by atoms with Crippen LogP contribution in [0.2, 0.25) is 0 Å². The highest BCUT2D eigenvalue weighted by molar-refractivity contribution is 5.94. The van der Waals surface area contributed by atoms with E-state index in [9.17, 15) is 13.6 Å². The average molecular weight is 458 g/mol. The lowest BCUT2D eigenvalue weighted by Gasteiger charge is -2.34. The molecule has 7 heteroatoms. The van der Waals surface area contributed by atoms with Gasteiger partial charge in [0.1, 0.15) is 17.2 Å². The molecule has 0 unspecified atom stereocenters. The van der Waals surface area contributed by atoms with E-state index in [1.807, 2.05) is 0 Å². The number of carbonyl (C=O) groups is 1. The van der Waals surface area contributed by atoms with Crippen LogP contribution in [0, 0.1) is 11.7 Å². The van der Waals surface area contributed by atoms with E-state index in [0.717, 1.165) is 51.9 Å². The summed E-state index contributed by atoms with van der Waals surface area (Å²) in [6.45, 7) is 7.54. The van der Waals surface area contributed by atoms with Crippen LogP contribution in [0.3, 0.4) is 0 Å². The van der Waals surface area contributed by atoms with Crippen LogP contribution in [0.4, 0.5) is 8.78 Å². The molecule has 2 aliphatic heterocycles. The van der Waals surface area contributed by atoms with Gasteiger partial charge >= 0.3 is 0 Å². The third kappa shape index (κ3) is 6.28. The van der Waals surface area contributed by atoms with Gasteiger partial charge in [-0.2, -0.15) is 0 Å². The molecule has 2 saturated heterocycles. The zero-order chi connectivity index (χ0) is 23.4. The van der Waals surface area contributed by atoms with E-state index in [4.69, 9.17) is 4.74 Å². The standard InChI is InChI=1S/C26H33F2N3O2/c1-26(2,28)18-30-13-9-19(10-14-30)17-33-21-6-8-24(29-16-21)22-7-5-20(15-23(22)27)25(32)31-11-3-4-12-31/h5-8,15-16,19H,3-4,9-14,17-18H2,1-2H3. The summed E-state index contributed by atoms with van der Waals surface area (Å²) < 4.78 is 34.5. The molecular formula is C26H33F2N3O2. The number of halogens is 2. The maximum absolute atomic E-state index is 14.7. The Morgan fingerprint density at radius 2 is 1.85 bits per heavy atom. The van der Waals surface area contributed by atoms with Gasteiger partial charge in [-0.1, -0.05) is 0 Å². The van der Waals surface area contributed by atoms with Gasteiger partial charge in [-0.25, -0.2) is 8.78 Å². The molecule has 1 aromatic heterocycles. The lowest BCUT2D eigenvalue weighted by molar-refractivity contribution is 0.0792. The van der Waals surface area contributed by atoms with Crippen molar-refractivity contribution in [3.63, 3.8) is 0 Å². The molecule has 4 rings (SSSR count). The van der Waals surface area contributed by atoms with Gasteiger partial charge in [-0.3, -0.25) is 9.78 Å². The minimum atomic E-state index is -1.17. The van der Waals surface area contributed by atoms with Crippen LogP contribution < -0.4 is 4.74 Å². The minimum Gasteiger partial charge on any atom is -0.492 e. The zero-order valence-electron chi connectivity index (χ0n) is 19.5. The number of ether oxygens (including phenoxy) is 1. The summed E-state index contributed by atoms with van der Waals surface area (Å²) in [5.41, 5.74) is 0.0732. The second-order valence-corrected chi connectivity index (χ2v) is 9.82. The number of hydrogen-bond donors (Lipinski definition) is 0. The first-order chi connectivity index (χ1) is 15.8. The molecule has 0 saturated carbocycles. The number of nitrogens with zero attached hydrogens (tertiary/aromatic N) is 3. The van der Waals surface area contributed by atoms with Crippen LogP contribution in [0.15, 0.2) is 36.5 Å². The highest BCUT2D eigenvalue weighted by Gasteiger charge is 2.25. The highest BCUT2D eigenvalue weighted by atomic mass is 19.1.